The molecule has 6 aromatic carbocycles. The van der Waals surface area contributed by atoms with Crippen molar-refractivity contribution in [3.8, 4) is 11.4 Å². The van der Waals surface area contributed by atoms with Gasteiger partial charge in [-0.1, -0.05) is 64.1 Å². The summed E-state index contributed by atoms with van der Waals surface area (Å²) in [6.45, 7) is 18.1. The topological polar surface area (TPSA) is 110 Å². The first-order valence-electron chi connectivity index (χ1n) is 20.0. The summed E-state index contributed by atoms with van der Waals surface area (Å²) in [4.78, 5) is 10.1. The summed E-state index contributed by atoms with van der Waals surface area (Å²) in [6.07, 6.45) is 2.02. The predicted octanol–water partition coefficient (Wildman–Crippen LogP) is 10.4. The van der Waals surface area contributed by atoms with Crippen molar-refractivity contribution in [2.45, 2.75) is 68.2 Å². The fourth-order valence-corrected chi connectivity index (χ4v) is 7.14. The van der Waals surface area contributed by atoms with E-state index < -0.39 is 0 Å². The molecule has 0 saturated heterocycles. The van der Waals surface area contributed by atoms with E-state index in [0.717, 1.165) is 115 Å². The van der Waals surface area contributed by atoms with Crippen LogP contribution in [0.3, 0.4) is 0 Å². The molecule has 0 spiro atoms. The predicted molar refractivity (Wildman–Crippen MR) is 238 cm³/mol. The first kappa shape index (κ1) is 39.4. The monoisotopic (exact) mass is 744 g/mol. The molecule has 0 fully saturated rings. The Balaban J connectivity index is 0.00000129. The zero-order chi connectivity index (χ0) is 39.9. The number of hydrogen-bond acceptors (Lipinski definition) is 6. The number of aromatic nitrogens is 4. The second-order valence-corrected chi connectivity index (χ2v) is 13.8. The van der Waals surface area contributed by atoms with Crippen molar-refractivity contribution >= 4 is 66.9 Å². The van der Waals surface area contributed by atoms with E-state index in [0.29, 0.717) is 0 Å². The van der Waals surface area contributed by atoms with Crippen molar-refractivity contribution in [2.24, 2.45) is 0 Å². The minimum absolute atomic E-state index is 0.761. The van der Waals surface area contributed by atoms with Crippen LogP contribution in [0.4, 0.5) is 22.7 Å². The summed E-state index contributed by atoms with van der Waals surface area (Å²) < 4.78 is 4.54. The van der Waals surface area contributed by atoms with Gasteiger partial charge >= 0.3 is 0 Å². The van der Waals surface area contributed by atoms with Crippen molar-refractivity contribution in [1.29, 1.82) is 0 Å². The molecule has 0 atom stereocenters. The van der Waals surface area contributed by atoms with Crippen LogP contribution in [0.25, 0.3) is 55.5 Å². The Labute approximate surface area is 331 Å². The number of hydrogen-bond donors (Lipinski definition) is 4. The maximum Gasteiger partial charge on any atom is 0.239 e. The van der Waals surface area contributed by atoms with Crippen LogP contribution >= 0.6 is 0 Å². The van der Waals surface area contributed by atoms with Crippen molar-refractivity contribution in [3.05, 3.63) is 131 Å². The minimum Gasteiger partial charge on any atom is -0.398 e. The molecule has 8 aromatic rings. The maximum atomic E-state index is 6.40. The van der Waals surface area contributed by atoms with Crippen molar-refractivity contribution in [3.63, 3.8) is 0 Å². The summed E-state index contributed by atoms with van der Waals surface area (Å²) in [7, 11) is 0. The summed E-state index contributed by atoms with van der Waals surface area (Å²) in [5.41, 5.74) is 30.9. The summed E-state index contributed by atoms with van der Waals surface area (Å²) in [5, 5.41) is 7.44. The third-order valence-electron chi connectivity index (χ3n) is 10.1. The second-order valence-electron chi connectivity index (χ2n) is 13.8. The molecule has 0 aliphatic carbocycles. The molecule has 2 heterocycles. The van der Waals surface area contributed by atoms with Gasteiger partial charge in [0, 0.05) is 84.4 Å². The number of nitrogens with zero attached hydrogens (tertiary/aromatic N) is 4. The first-order valence-corrected chi connectivity index (χ1v) is 20.0. The van der Waals surface area contributed by atoms with E-state index >= 15 is 0 Å². The van der Waals surface area contributed by atoms with E-state index in [1.165, 1.54) is 11.1 Å². The van der Waals surface area contributed by atoms with Crippen LogP contribution in [-0.4, -0.2) is 23.1 Å². The van der Waals surface area contributed by atoms with Crippen LogP contribution in [0, 0.1) is 27.7 Å². The molecule has 56 heavy (non-hydrogen) atoms. The molecule has 0 bridgehead atoms. The molecular formula is C48H56N8+2. The van der Waals surface area contributed by atoms with Crippen LogP contribution in [0.1, 0.15) is 62.8 Å². The Hall–Kier alpha value is -6.28. The molecule has 8 rings (SSSR count). The Morgan fingerprint density at radius 2 is 0.768 bits per heavy atom. The third-order valence-corrected chi connectivity index (χ3v) is 10.1. The lowest BCUT2D eigenvalue weighted by atomic mass is 10.1. The number of fused-ring (bicyclic) bond motifs is 4. The molecule has 0 amide bonds. The highest BCUT2D eigenvalue weighted by Gasteiger charge is 2.23. The highest BCUT2D eigenvalue weighted by Crippen LogP contribution is 2.28. The number of para-hydroxylation sites is 2. The molecule has 0 radical (unpaired) electrons. The van der Waals surface area contributed by atoms with Crippen LogP contribution < -0.4 is 31.2 Å². The van der Waals surface area contributed by atoms with Gasteiger partial charge in [-0.3, -0.25) is 0 Å². The smallest absolute Gasteiger partial charge is 0.239 e. The number of benzene rings is 6. The average Bonchev–Trinajstić information content (AvgIpc) is 3.21. The molecule has 0 unspecified atom stereocenters. The third kappa shape index (κ3) is 7.91. The van der Waals surface area contributed by atoms with Gasteiger partial charge in [-0.25, -0.2) is 9.97 Å². The highest BCUT2D eigenvalue weighted by molar-refractivity contribution is 5.88. The average molecular weight is 745 g/mol. The lowest BCUT2D eigenvalue weighted by Crippen LogP contribution is -2.33. The number of anilines is 4. The number of rotatable bonds is 9. The lowest BCUT2D eigenvalue weighted by molar-refractivity contribution is -0.538. The number of unbranched alkanes of at least 4 members (excludes halogenated alkanes) is 1. The van der Waals surface area contributed by atoms with Gasteiger partial charge in [0.2, 0.25) is 33.4 Å². The number of nitrogens with one attached hydrogen (secondary N) is 2. The molecule has 0 aliphatic heterocycles. The van der Waals surface area contributed by atoms with Gasteiger partial charge in [0.25, 0.3) is 0 Å². The molecule has 0 saturated carbocycles. The number of nitrogens with two attached hydrogens (primary N) is 2. The van der Waals surface area contributed by atoms with E-state index in [2.05, 4.69) is 119 Å². The largest absolute Gasteiger partial charge is 0.398 e. The Kier molecular flexibility index (Phi) is 12.3. The normalized spacial score (nSPS) is 10.9. The fourth-order valence-electron chi connectivity index (χ4n) is 7.14. The molecule has 8 nitrogen and oxygen atoms in total. The van der Waals surface area contributed by atoms with Crippen LogP contribution in [0.5, 0.6) is 0 Å². The SMILES string of the molecule is CC.CC.Cc1cc2nc3cc(C)c(NCCCCNc4cc5c(cc4C)nc4cc(C)c(N)cc4[n+]5-c4ccccc4)cc3[n+](-c3ccccc3)c2cc1N. The summed E-state index contributed by atoms with van der Waals surface area (Å²) in [5.74, 6) is 0. The number of nitrogen functional groups attached to an aromatic ring is 2. The Morgan fingerprint density at radius 1 is 0.446 bits per heavy atom. The second kappa shape index (κ2) is 17.5. The van der Waals surface area contributed by atoms with Gasteiger partial charge in [0.1, 0.15) is 22.1 Å². The molecule has 8 heteroatoms. The Morgan fingerprint density at radius 3 is 1.12 bits per heavy atom. The van der Waals surface area contributed by atoms with Crippen molar-refractivity contribution < 1.29 is 9.13 Å². The Bertz CT molecular complexity index is 2450. The van der Waals surface area contributed by atoms with Gasteiger partial charge in [-0.15, -0.1) is 9.13 Å². The molecular weight excluding hydrogens is 689 g/mol. The summed E-state index contributed by atoms with van der Waals surface area (Å²) in [6, 6.07) is 37.9. The zero-order valence-electron chi connectivity index (χ0n) is 34.2. The van der Waals surface area contributed by atoms with E-state index in [4.69, 9.17) is 21.4 Å². The van der Waals surface area contributed by atoms with Crippen molar-refractivity contribution in [2.75, 3.05) is 35.2 Å². The molecule has 286 valence electrons. The minimum atomic E-state index is 0.761. The maximum absolute atomic E-state index is 6.40. The van der Waals surface area contributed by atoms with Gasteiger partial charge in [0.15, 0.2) is 0 Å². The van der Waals surface area contributed by atoms with Crippen LogP contribution in [0.15, 0.2) is 109 Å². The van der Waals surface area contributed by atoms with Gasteiger partial charge in [0.05, 0.1) is 0 Å². The lowest BCUT2D eigenvalue weighted by Gasteiger charge is -2.13. The quantitative estimate of drug-likeness (QED) is 0.0507. The standard InChI is InChI=1S/C44H42N8.2C2H6/c1-27-19-37-41(23-33(27)45)51(31-13-7-5-8-14-31)43-25-35(29(3)21-39(43)49-37)47-17-11-12-18-48-36-26-44-40(22-30(36)4)50-38-20-28(2)34(46)24-42(38)52(44)32-15-9-6-10-16-32;2*1-2/h5-10,13-16,19-26H,11-12,17-18H2,1-4H3,(H4,45,46,47,48);2*1-2H3/p+2. The summed E-state index contributed by atoms with van der Waals surface area (Å²) >= 11 is 0. The number of aryl methyl sites for hydroxylation is 4. The van der Waals surface area contributed by atoms with E-state index in [9.17, 15) is 0 Å². The molecule has 6 N–H and O–H groups in total. The van der Waals surface area contributed by atoms with Gasteiger partial charge in [-0.05, 0) is 87.1 Å². The molecule has 2 aromatic heterocycles. The first-order chi connectivity index (χ1) is 27.2. The van der Waals surface area contributed by atoms with E-state index in [1.54, 1.807) is 0 Å². The van der Waals surface area contributed by atoms with E-state index in [1.807, 2.05) is 65.8 Å². The fraction of sp³-hybridized carbons (Fsp3) is 0.250. The van der Waals surface area contributed by atoms with E-state index in [-0.39, 0.29) is 0 Å². The van der Waals surface area contributed by atoms with Gasteiger partial charge < -0.3 is 22.1 Å². The van der Waals surface area contributed by atoms with Gasteiger partial charge in [-0.2, -0.15) is 0 Å². The zero-order valence-corrected chi connectivity index (χ0v) is 34.2. The highest BCUT2D eigenvalue weighted by atomic mass is 15.0. The van der Waals surface area contributed by atoms with Crippen molar-refractivity contribution in [1.82, 2.24) is 9.97 Å². The van der Waals surface area contributed by atoms with Crippen LogP contribution in [-0.2, 0) is 0 Å². The van der Waals surface area contributed by atoms with Crippen LogP contribution in [0.2, 0.25) is 0 Å². The molecule has 0 aliphatic rings.